The molecule has 0 radical (unpaired) electrons. The molecule has 0 fully saturated rings. The van der Waals surface area contributed by atoms with E-state index in [4.69, 9.17) is 0 Å². The van der Waals surface area contributed by atoms with Crippen molar-refractivity contribution >= 4 is 16.9 Å². The van der Waals surface area contributed by atoms with Gasteiger partial charge in [-0.2, -0.15) is 0 Å². The van der Waals surface area contributed by atoms with E-state index < -0.39 is 11.5 Å². The van der Waals surface area contributed by atoms with Crippen molar-refractivity contribution in [2.75, 3.05) is 7.11 Å². The first-order chi connectivity index (χ1) is 8.65. The number of pyridine rings is 1. The second kappa shape index (κ2) is 4.87. The number of ether oxygens (including phenoxy) is 1. The Morgan fingerprint density at radius 2 is 2.22 bits per heavy atom. The maximum absolute atomic E-state index is 11.7. The van der Waals surface area contributed by atoms with Crippen molar-refractivity contribution < 1.29 is 9.53 Å². The summed E-state index contributed by atoms with van der Waals surface area (Å²) in [4.78, 5) is 25.8. The van der Waals surface area contributed by atoms with E-state index >= 15 is 0 Å². The maximum Gasteiger partial charge on any atom is 0.343 e. The normalized spacial score (nSPS) is 10.3. The molecule has 0 aliphatic rings. The van der Waals surface area contributed by atoms with Gasteiger partial charge in [0.25, 0.3) is 5.56 Å². The van der Waals surface area contributed by atoms with Crippen molar-refractivity contribution in [1.29, 1.82) is 0 Å². The van der Waals surface area contributed by atoms with Gasteiger partial charge in [-0.25, -0.2) is 4.79 Å². The Morgan fingerprint density at radius 1 is 1.44 bits per heavy atom. The minimum Gasteiger partial charge on any atom is -0.465 e. The van der Waals surface area contributed by atoms with Crippen LogP contribution in [0.25, 0.3) is 10.9 Å². The average molecular weight is 243 g/mol. The molecule has 0 saturated carbocycles. The number of nitrogens with one attached hydrogen (secondary N) is 1. The van der Waals surface area contributed by atoms with Crippen LogP contribution in [0.5, 0.6) is 0 Å². The van der Waals surface area contributed by atoms with Crippen LogP contribution in [0.1, 0.15) is 15.9 Å². The summed E-state index contributed by atoms with van der Waals surface area (Å²) < 4.78 is 4.56. The number of allylic oxidation sites excluding steroid dienone is 1. The van der Waals surface area contributed by atoms with Crippen molar-refractivity contribution in [1.82, 2.24) is 4.98 Å². The highest BCUT2D eigenvalue weighted by atomic mass is 16.5. The van der Waals surface area contributed by atoms with E-state index in [1.165, 1.54) is 13.2 Å². The summed E-state index contributed by atoms with van der Waals surface area (Å²) in [6, 6.07) is 7.21. The molecule has 0 saturated heterocycles. The topological polar surface area (TPSA) is 59.2 Å². The van der Waals surface area contributed by atoms with E-state index in [0.29, 0.717) is 5.52 Å². The molecular formula is C14H13NO3. The van der Waals surface area contributed by atoms with Crippen LogP contribution < -0.4 is 5.56 Å². The fourth-order valence-electron chi connectivity index (χ4n) is 1.80. The number of hydrogen-bond acceptors (Lipinski definition) is 3. The molecule has 1 aromatic carbocycles. The molecule has 2 rings (SSSR count). The fourth-order valence-corrected chi connectivity index (χ4v) is 1.80. The highest BCUT2D eigenvalue weighted by Crippen LogP contribution is 2.14. The summed E-state index contributed by atoms with van der Waals surface area (Å²) >= 11 is 0. The molecule has 4 nitrogen and oxygen atoms in total. The minimum absolute atomic E-state index is 0.0153. The summed E-state index contributed by atoms with van der Waals surface area (Å²) in [5.41, 5.74) is 1.33. The lowest BCUT2D eigenvalue weighted by molar-refractivity contribution is 0.0599. The lowest BCUT2D eigenvalue weighted by Crippen LogP contribution is -2.18. The van der Waals surface area contributed by atoms with E-state index in [2.05, 4.69) is 16.3 Å². The Morgan fingerprint density at radius 3 is 2.89 bits per heavy atom. The second-order valence-corrected chi connectivity index (χ2v) is 3.92. The second-order valence-electron chi connectivity index (χ2n) is 3.92. The van der Waals surface area contributed by atoms with Crippen LogP contribution in [0, 0.1) is 0 Å². The van der Waals surface area contributed by atoms with Crippen LogP contribution in [0.3, 0.4) is 0 Å². The number of hydrogen-bond donors (Lipinski definition) is 1. The third-order valence-corrected chi connectivity index (χ3v) is 2.70. The molecule has 0 aliphatic carbocycles. The van der Waals surface area contributed by atoms with Gasteiger partial charge in [-0.15, -0.1) is 6.58 Å². The number of benzene rings is 1. The molecule has 1 heterocycles. The standard InChI is InChI=1S/C14H13NO3/c1-3-4-9-5-6-10-8-11(14(17)18-2)13(16)15-12(10)7-9/h3,5-8H,1,4H2,2H3,(H,15,16). The Bertz CT molecular complexity index is 670. The van der Waals surface area contributed by atoms with Crippen LogP contribution in [0.15, 0.2) is 41.7 Å². The molecule has 0 spiro atoms. The summed E-state index contributed by atoms with van der Waals surface area (Å²) in [5, 5.41) is 0.794. The van der Waals surface area contributed by atoms with Gasteiger partial charge in [0.05, 0.1) is 7.11 Å². The Balaban J connectivity index is 2.60. The average Bonchev–Trinajstić information content (AvgIpc) is 2.37. The van der Waals surface area contributed by atoms with Crippen LogP contribution in [0.4, 0.5) is 0 Å². The van der Waals surface area contributed by atoms with Crippen LogP contribution in [-0.4, -0.2) is 18.1 Å². The quantitative estimate of drug-likeness (QED) is 0.663. The highest BCUT2D eigenvalue weighted by Gasteiger charge is 2.11. The fraction of sp³-hybridized carbons (Fsp3) is 0.143. The third kappa shape index (κ3) is 2.18. The number of H-pyrrole nitrogens is 1. The van der Waals surface area contributed by atoms with E-state index in [1.54, 1.807) is 6.08 Å². The minimum atomic E-state index is -0.631. The molecule has 1 N–H and O–H groups in total. The van der Waals surface area contributed by atoms with Gasteiger partial charge in [0.1, 0.15) is 5.56 Å². The maximum atomic E-state index is 11.7. The van der Waals surface area contributed by atoms with Gasteiger partial charge >= 0.3 is 5.97 Å². The summed E-state index contributed by atoms with van der Waals surface area (Å²) in [7, 11) is 1.25. The number of esters is 1. The molecule has 0 amide bonds. The van der Waals surface area contributed by atoms with Gasteiger partial charge < -0.3 is 9.72 Å². The highest BCUT2D eigenvalue weighted by molar-refractivity contribution is 5.93. The molecule has 92 valence electrons. The number of carbonyl (C=O) groups excluding carboxylic acids is 1. The first-order valence-corrected chi connectivity index (χ1v) is 5.51. The van der Waals surface area contributed by atoms with Crippen LogP contribution in [0.2, 0.25) is 0 Å². The molecule has 18 heavy (non-hydrogen) atoms. The number of carbonyl (C=O) groups is 1. The van der Waals surface area contributed by atoms with E-state index in [1.807, 2.05) is 18.2 Å². The van der Waals surface area contributed by atoms with Gasteiger partial charge in [-0.3, -0.25) is 4.79 Å². The predicted molar refractivity (Wildman–Crippen MR) is 69.8 cm³/mol. The number of rotatable bonds is 3. The molecule has 4 heteroatoms. The number of fused-ring (bicyclic) bond motifs is 1. The third-order valence-electron chi connectivity index (χ3n) is 2.70. The SMILES string of the molecule is C=CCc1ccc2cc(C(=O)OC)c(=O)[nH]c2c1. The summed E-state index contributed by atoms with van der Waals surface area (Å²) in [6.45, 7) is 3.67. The Hall–Kier alpha value is -2.36. The molecule has 1 aromatic heterocycles. The molecule has 0 bridgehead atoms. The van der Waals surface area contributed by atoms with Gasteiger partial charge in [-0.05, 0) is 29.5 Å². The summed E-state index contributed by atoms with van der Waals surface area (Å²) in [5.74, 6) is -0.631. The van der Waals surface area contributed by atoms with Gasteiger partial charge in [0.15, 0.2) is 0 Å². The summed E-state index contributed by atoms with van der Waals surface area (Å²) in [6.07, 6.45) is 2.53. The number of aromatic amines is 1. The van der Waals surface area contributed by atoms with E-state index in [0.717, 1.165) is 17.4 Å². The lowest BCUT2D eigenvalue weighted by atomic mass is 10.1. The van der Waals surface area contributed by atoms with Crippen molar-refractivity contribution in [3.8, 4) is 0 Å². The van der Waals surface area contributed by atoms with Gasteiger partial charge in [-0.1, -0.05) is 18.2 Å². The molecule has 0 unspecified atom stereocenters. The van der Waals surface area contributed by atoms with E-state index in [9.17, 15) is 9.59 Å². The van der Waals surface area contributed by atoms with Crippen molar-refractivity contribution in [3.05, 3.63) is 58.4 Å². The smallest absolute Gasteiger partial charge is 0.343 e. The van der Waals surface area contributed by atoms with Gasteiger partial charge in [0, 0.05) is 5.52 Å². The number of methoxy groups -OCH3 is 1. The zero-order valence-electron chi connectivity index (χ0n) is 10.0. The van der Waals surface area contributed by atoms with Crippen molar-refractivity contribution in [2.24, 2.45) is 0 Å². The first kappa shape index (κ1) is 12.1. The van der Waals surface area contributed by atoms with Gasteiger partial charge in [0.2, 0.25) is 0 Å². The number of aromatic nitrogens is 1. The molecule has 2 aromatic rings. The molecule has 0 atom stereocenters. The monoisotopic (exact) mass is 243 g/mol. The Labute approximate surface area is 104 Å². The first-order valence-electron chi connectivity index (χ1n) is 5.51. The lowest BCUT2D eigenvalue weighted by Gasteiger charge is -2.03. The Kier molecular flexibility index (Phi) is 3.28. The van der Waals surface area contributed by atoms with Crippen molar-refractivity contribution in [3.63, 3.8) is 0 Å². The largest absolute Gasteiger partial charge is 0.465 e. The van der Waals surface area contributed by atoms with Crippen LogP contribution in [-0.2, 0) is 11.2 Å². The molecule has 0 aliphatic heterocycles. The van der Waals surface area contributed by atoms with Crippen LogP contribution >= 0.6 is 0 Å². The predicted octanol–water partition coefficient (Wildman–Crippen LogP) is 2.04. The zero-order chi connectivity index (χ0) is 13.1. The van der Waals surface area contributed by atoms with E-state index in [-0.39, 0.29) is 5.56 Å². The molecular weight excluding hydrogens is 230 g/mol. The zero-order valence-corrected chi connectivity index (χ0v) is 10.0. The van der Waals surface area contributed by atoms with Crippen molar-refractivity contribution in [2.45, 2.75) is 6.42 Å².